The fourth-order valence-corrected chi connectivity index (χ4v) is 2.12. The Bertz CT molecular complexity index is 407. The van der Waals surface area contributed by atoms with E-state index in [0.717, 1.165) is 12.2 Å². The van der Waals surface area contributed by atoms with Gasteiger partial charge >= 0.3 is 0 Å². The summed E-state index contributed by atoms with van der Waals surface area (Å²) in [5, 5.41) is 4.68. The molecular formula is C11H13N3. The van der Waals surface area contributed by atoms with Crippen molar-refractivity contribution in [3.8, 4) is 0 Å². The average Bonchev–Trinajstić information content (AvgIpc) is 2.86. The van der Waals surface area contributed by atoms with E-state index >= 15 is 0 Å². The molecule has 1 aliphatic rings. The van der Waals surface area contributed by atoms with Gasteiger partial charge in [-0.3, -0.25) is 0 Å². The van der Waals surface area contributed by atoms with Crippen molar-refractivity contribution in [3.05, 3.63) is 30.1 Å². The van der Waals surface area contributed by atoms with Gasteiger partial charge in [-0.15, -0.1) is 0 Å². The zero-order valence-corrected chi connectivity index (χ0v) is 7.96. The molecule has 72 valence electrons. The van der Waals surface area contributed by atoms with Crippen molar-refractivity contribution in [2.24, 2.45) is 0 Å². The zero-order valence-electron chi connectivity index (χ0n) is 7.96. The fourth-order valence-electron chi connectivity index (χ4n) is 2.12. The minimum absolute atomic E-state index is 0.504. The summed E-state index contributed by atoms with van der Waals surface area (Å²) in [6, 6.07) is 6.77. The highest BCUT2D eigenvalue weighted by Gasteiger charge is 2.17. The molecule has 0 bridgehead atoms. The number of nitrogens with one attached hydrogen (secondary N) is 2. The number of pyridine rings is 1. The second-order valence-corrected chi connectivity index (χ2v) is 3.81. The van der Waals surface area contributed by atoms with Crippen LogP contribution in [0.5, 0.6) is 0 Å². The molecule has 1 aliphatic heterocycles. The lowest BCUT2D eigenvalue weighted by molar-refractivity contribution is 0.633. The van der Waals surface area contributed by atoms with Crippen molar-refractivity contribution in [2.75, 3.05) is 6.54 Å². The van der Waals surface area contributed by atoms with Gasteiger partial charge in [0.1, 0.15) is 5.65 Å². The van der Waals surface area contributed by atoms with Gasteiger partial charge in [-0.25, -0.2) is 4.98 Å². The first-order valence-corrected chi connectivity index (χ1v) is 5.10. The van der Waals surface area contributed by atoms with E-state index in [1.165, 1.54) is 23.9 Å². The summed E-state index contributed by atoms with van der Waals surface area (Å²) in [5.74, 6) is 0. The van der Waals surface area contributed by atoms with Crippen molar-refractivity contribution in [1.82, 2.24) is 15.3 Å². The molecule has 1 atom stereocenters. The van der Waals surface area contributed by atoms with Crippen molar-refractivity contribution in [1.29, 1.82) is 0 Å². The van der Waals surface area contributed by atoms with Crippen LogP contribution in [0.25, 0.3) is 11.0 Å². The Balaban J connectivity index is 2.05. The molecule has 1 fully saturated rings. The van der Waals surface area contributed by atoms with E-state index in [1.54, 1.807) is 0 Å². The molecule has 0 spiro atoms. The summed E-state index contributed by atoms with van der Waals surface area (Å²) < 4.78 is 0. The lowest BCUT2D eigenvalue weighted by Gasteiger charge is -2.05. The Morgan fingerprint density at radius 2 is 2.43 bits per heavy atom. The van der Waals surface area contributed by atoms with Gasteiger partial charge in [-0.05, 0) is 37.6 Å². The van der Waals surface area contributed by atoms with Crippen LogP contribution in [-0.2, 0) is 0 Å². The van der Waals surface area contributed by atoms with Crippen LogP contribution in [0.4, 0.5) is 0 Å². The summed E-state index contributed by atoms with van der Waals surface area (Å²) in [6.07, 6.45) is 4.32. The predicted molar refractivity (Wildman–Crippen MR) is 56.1 cm³/mol. The number of nitrogens with zero attached hydrogens (tertiary/aromatic N) is 1. The first-order valence-electron chi connectivity index (χ1n) is 5.10. The normalized spacial score (nSPS) is 21.9. The Kier molecular flexibility index (Phi) is 1.77. The van der Waals surface area contributed by atoms with Crippen LogP contribution in [0.3, 0.4) is 0 Å². The van der Waals surface area contributed by atoms with Crippen LogP contribution in [0.2, 0.25) is 0 Å². The van der Waals surface area contributed by atoms with Crippen LogP contribution < -0.4 is 5.32 Å². The fraction of sp³-hybridized carbons (Fsp3) is 0.364. The van der Waals surface area contributed by atoms with Crippen LogP contribution in [0.1, 0.15) is 24.6 Å². The van der Waals surface area contributed by atoms with E-state index in [9.17, 15) is 0 Å². The highest BCUT2D eigenvalue weighted by molar-refractivity contribution is 5.76. The molecule has 3 heteroatoms. The summed E-state index contributed by atoms with van der Waals surface area (Å²) in [4.78, 5) is 7.65. The number of aromatic amines is 1. The molecule has 2 aromatic rings. The highest BCUT2D eigenvalue weighted by Crippen LogP contribution is 2.24. The summed E-state index contributed by atoms with van der Waals surface area (Å²) in [6.45, 7) is 1.13. The minimum atomic E-state index is 0.504. The van der Waals surface area contributed by atoms with Gasteiger partial charge in [0.05, 0.1) is 0 Å². The Hall–Kier alpha value is -1.35. The van der Waals surface area contributed by atoms with E-state index in [4.69, 9.17) is 0 Å². The number of H-pyrrole nitrogens is 1. The van der Waals surface area contributed by atoms with Crippen LogP contribution >= 0.6 is 0 Å². The van der Waals surface area contributed by atoms with E-state index in [0.29, 0.717) is 6.04 Å². The van der Waals surface area contributed by atoms with E-state index < -0.39 is 0 Å². The summed E-state index contributed by atoms with van der Waals surface area (Å²) >= 11 is 0. The minimum Gasteiger partial charge on any atom is -0.342 e. The quantitative estimate of drug-likeness (QED) is 0.716. The first-order chi connectivity index (χ1) is 6.93. The van der Waals surface area contributed by atoms with Gasteiger partial charge in [0, 0.05) is 23.3 Å². The van der Waals surface area contributed by atoms with Gasteiger partial charge < -0.3 is 10.3 Å². The lowest BCUT2D eigenvalue weighted by Crippen LogP contribution is -2.12. The number of fused-ring (bicyclic) bond motifs is 1. The smallest absolute Gasteiger partial charge is 0.137 e. The topological polar surface area (TPSA) is 40.7 Å². The van der Waals surface area contributed by atoms with E-state index in [1.807, 2.05) is 12.3 Å². The molecule has 14 heavy (non-hydrogen) atoms. The van der Waals surface area contributed by atoms with Gasteiger partial charge in [0.15, 0.2) is 0 Å². The number of aromatic nitrogens is 2. The molecular weight excluding hydrogens is 174 g/mol. The Morgan fingerprint density at radius 1 is 1.43 bits per heavy atom. The average molecular weight is 187 g/mol. The van der Waals surface area contributed by atoms with Crippen LogP contribution in [0, 0.1) is 0 Å². The van der Waals surface area contributed by atoms with Crippen LogP contribution in [0.15, 0.2) is 24.4 Å². The van der Waals surface area contributed by atoms with Gasteiger partial charge in [0.2, 0.25) is 0 Å². The molecule has 3 heterocycles. The number of hydrogen-bond acceptors (Lipinski definition) is 2. The number of hydrogen-bond donors (Lipinski definition) is 2. The molecule has 1 saturated heterocycles. The second-order valence-electron chi connectivity index (χ2n) is 3.81. The van der Waals surface area contributed by atoms with Gasteiger partial charge in [-0.1, -0.05) is 0 Å². The standard InChI is InChI=1S/C11H13N3/c1-3-8-7-10(9-4-2-5-12-9)14-11(8)13-6-1/h1,3,6-7,9,12H,2,4-5H2,(H,13,14). The summed E-state index contributed by atoms with van der Waals surface area (Å²) in [5.41, 5.74) is 2.27. The predicted octanol–water partition coefficient (Wildman–Crippen LogP) is 1.99. The SMILES string of the molecule is c1cnc2[nH]c(C3CCCN3)cc2c1. The third-order valence-electron chi connectivity index (χ3n) is 2.85. The Labute approximate surface area is 82.5 Å². The van der Waals surface area contributed by atoms with Gasteiger partial charge in [0.25, 0.3) is 0 Å². The molecule has 0 aliphatic carbocycles. The molecule has 0 aromatic carbocycles. The molecule has 0 amide bonds. The van der Waals surface area contributed by atoms with Crippen molar-refractivity contribution < 1.29 is 0 Å². The van der Waals surface area contributed by atoms with E-state index in [2.05, 4.69) is 27.4 Å². The maximum atomic E-state index is 4.29. The molecule has 1 unspecified atom stereocenters. The highest BCUT2D eigenvalue weighted by atomic mass is 15.0. The largest absolute Gasteiger partial charge is 0.342 e. The third-order valence-corrected chi connectivity index (χ3v) is 2.85. The van der Waals surface area contributed by atoms with Crippen molar-refractivity contribution in [2.45, 2.75) is 18.9 Å². The van der Waals surface area contributed by atoms with Crippen LogP contribution in [-0.4, -0.2) is 16.5 Å². The second kappa shape index (κ2) is 3.10. The first kappa shape index (κ1) is 8.00. The molecule has 3 nitrogen and oxygen atoms in total. The lowest BCUT2D eigenvalue weighted by atomic mass is 10.1. The maximum Gasteiger partial charge on any atom is 0.137 e. The molecule has 0 radical (unpaired) electrons. The maximum absolute atomic E-state index is 4.29. The Morgan fingerprint density at radius 3 is 3.21 bits per heavy atom. The summed E-state index contributed by atoms with van der Waals surface area (Å²) in [7, 11) is 0. The zero-order chi connectivity index (χ0) is 9.38. The molecule has 2 N–H and O–H groups in total. The van der Waals surface area contributed by atoms with E-state index in [-0.39, 0.29) is 0 Å². The molecule has 3 rings (SSSR count). The molecule has 0 saturated carbocycles. The number of rotatable bonds is 1. The monoisotopic (exact) mass is 187 g/mol. The van der Waals surface area contributed by atoms with Crippen molar-refractivity contribution in [3.63, 3.8) is 0 Å². The van der Waals surface area contributed by atoms with Crippen molar-refractivity contribution >= 4 is 11.0 Å². The molecule has 2 aromatic heterocycles. The van der Waals surface area contributed by atoms with Gasteiger partial charge in [-0.2, -0.15) is 0 Å². The third kappa shape index (κ3) is 1.21.